The van der Waals surface area contributed by atoms with Crippen molar-refractivity contribution in [2.75, 3.05) is 0 Å². The molecule has 8 heavy (non-hydrogen) atoms. The van der Waals surface area contributed by atoms with Crippen molar-refractivity contribution in [3.05, 3.63) is 0 Å². The van der Waals surface area contributed by atoms with Crippen LogP contribution in [0.4, 0.5) is 0 Å². The molecule has 0 amide bonds. The molecule has 0 aromatic rings. The first-order valence-corrected chi connectivity index (χ1v) is 2.73. The van der Waals surface area contributed by atoms with Crippen LogP contribution in [0.3, 0.4) is 0 Å². The van der Waals surface area contributed by atoms with Gasteiger partial charge in [0.2, 0.25) is 0 Å². The molecular weight excluding hydrogens is 136 g/mol. The molecule has 5 nitrogen and oxygen atoms in total. The average Bonchev–Trinajstić information content (AvgIpc) is 1.59. The van der Waals surface area contributed by atoms with Crippen molar-refractivity contribution in [1.82, 2.24) is 0 Å². The first-order chi connectivity index (χ1) is 3.56. The normalized spacial score (nSPS) is 9.12. The van der Waals surface area contributed by atoms with Gasteiger partial charge in [-0.15, -0.1) is 0 Å². The first-order valence-electron chi connectivity index (χ1n) is 1.36. The lowest BCUT2D eigenvalue weighted by Gasteiger charge is -1.83. The Morgan fingerprint density at radius 2 is 2.00 bits per heavy atom. The van der Waals surface area contributed by atoms with Gasteiger partial charge in [-0.3, -0.25) is 4.55 Å². The van der Waals surface area contributed by atoms with Gasteiger partial charge in [-0.1, -0.05) is 0 Å². The van der Waals surface area contributed by atoms with Crippen molar-refractivity contribution in [2.24, 2.45) is 0 Å². The molecule has 0 saturated heterocycles. The molecule has 0 atom stereocenters. The summed E-state index contributed by atoms with van der Waals surface area (Å²) in [6.07, 6.45) is 2.37. The van der Waals surface area contributed by atoms with Crippen LogP contribution in [0.2, 0.25) is 0 Å². The Bertz CT molecular complexity index is 202. The van der Waals surface area contributed by atoms with Crippen molar-refractivity contribution in [3.8, 4) is 12.2 Å². The molecule has 0 aromatic carbocycles. The molecular formula is C2H2O5S. The van der Waals surface area contributed by atoms with E-state index in [1.54, 1.807) is 0 Å². The van der Waals surface area contributed by atoms with Gasteiger partial charge in [0.15, 0.2) is 12.2 Å². The van der Waals surface area contributed by atoms with Crippen molar-refractivity contribution in [3.63, 3.8) is 0 Å². The quantitative estimate of drug-likeness (QED) is 0.362. The summed E-state index contributed by atoms with van der Waals surface area (Å²) >= 11 is 0. The molecule has 0 unspecified atom stereocenters. The average molecular weight is 138 g/mol. The Balaban J connectivity index is 3.89. The van der Waals surface area contributed by atoms with Gasteiger partial charge < -0.3 is 9.29 Å². The minimum Gasteiger partial charge on any atom is -0.460 e. The predicted octanol–water partition coefficient (Wildman–Crippen LogP) is -0.903. The van der Waals surface area contributed by atoms with Crippen LogP contribution in [-0.4, -0.2) is 18.1 Å². The molecule has 0 aliphatic heterocycles. The van der Waals surface area contributed by atoms with Gasteiger partial charge in [0.1, 0.15) is 0 Å². The summed E-state index contributed by atoms with van der Waals surface area (Å²) in [5, 5.41) is 7.57. The lowest BCUT2D eigenvalue weighted by molar-refractivity contribution is 0.366. The number of aliphatic hydroxyl groups excluding tert-OH is 1. The van der Waals surface area contributed by atoms with Crippen molar-refractivity contribution in [2.45, 2.75) is 0 Å². The van der Waals surface area contributed by atoms with Crippen LogP contribution in [0.25, 0.3) is 0 Å². The van der Waals surface area contributed by atoms with Crippen LogP contribution in [0, 0.1) is 12.2 Å². The fourth-order valence-electron chi connectivity index (χ4n) is 0.0713. The van der Waals surface area contributed by atoms with E-state index < -0.39 is 10.4 Å². The highest BCUT2D eigenvalue weighted by Crippen LogP contribution is 1.79. The monoisotopic (exact) mass is 138 g/mol. The van der Waals surface area contributed by atoms with E-state index in [1.165, 1.54) is 6.11 Å². The van der Waals surface area contributed by atoms with Crippen molar-refractivity contribution in [1.29, 1.82) is 0 Å². The molecule has 0 bridgehead atoms. The second-order valence-electron chi connectivity index (χ2n) is 0.725. The molecule has 2 N–H and O–H groups in total. The highest BCUT2D eigenvalue weighted by atomic mass is 32.3. The third kappa shape index (κ3) is 5.07. The number of rotatable bonds is 1. The summed E-state index contributed by atoms with van der Waals surface area (Å²) in [5.41, 5.74) is 0. The van der Waals surface area contributed by atoms with E-state index in [1.807, 2.05) is 0 Å². The largest absolute Gasteiger partial charge is 0.460 e. The Morgan fingerprint density at radius 3 is 2.12 bits per heavy atom. The maximum absolute atomic E-state index is 9.51. The van der Waals surface area contributed by atoms with E-state index in [2.05, 4.69) is 4.18 Å². The lowest BCUT2D eigenvalue weighted by Crippen LogP contribution is -1.97. The van der Waals surface area contributed by atoms with Gasteiger partial charge in [-0.25, -0.2) is 0 Å². The standard InChI is InChI=1S/C2H2O5S/c3-1-2-7-8(4,5)6/h3H,(H,4,5,6). The van der Waals surface area contributed by atoms with E-state index in [9.17, 15) is 8.42 Å². The Kier molecular flexibility index (Phi) is 2.12. The Morgan fingerprint density at radius 1 is 1.50 bits per heavy atom. The zero-order valence-corrected chi connectivity index (χ0v) is 4.34. The summed E-state index contributed by atoms with van der Waals surface area (Å²) in [7, 11) is -4.52. The van der Waals surface area contributed by atoms with Gasteiger partial charge in [0, 0.05) is 0 Å². The van der Waals surface area contributed by atoms with Gasteiger partial charge in [-0.05, 0) is 0 Å². The summed E-state index contributed by atoms with van der Waals surface area (Å²) in [6.45, 7) is 0. The SMILES string of the molecule is O=S(=O)(O)OC#CO. The fourth-order valence-corrected chi connectivity index (χ4v) is 0.214. The summed E-state index contributed by atoms with van der Waals surface area (Å²) in [4.78, 5) is 0. The predicted molar refractivity (Wildman–Crippen MR) is 22.3 cm³/mol. The smallest absolute Gasteiger partial charge is 0.454 e. The van der Waals surface area contributed by atoms with Crippen LogP contribution in [0.1, 0.15) is 0 Å². The third-order valence-corrected chi connectivity index (χ3v) is 0.487. The molecule has 0 saturated carbocycles. The maximum Gasteiger partial charge on any atom is 0.454 e. The highest BCUT2D eigenvalue weighted by molar-refractivity contribution is 7.81. The molecule has 0 rings (SSSR count). The topological polar surface area (TPSA) is 83.8 Å². The van der Waals surface area contributed by atoms with Gasteiger partial charge >= 0.3 is 10.4 Å². The molecule has 0 aromatic heterocycles. The molecule has 0 fully saturated rings. The molecule has 6 heteroatoms. The van der Waals surface area contributed by atoms with E-state index >= 15 is 0 Å². The third-order valence-electron chi connectivity index (χ3n) is 0.193. The number of hydrogen-bond acceptors (Lipinski definition) is 4. The van der Waals surface area contributed by atoms with Crippen molar-refractivity contribution >= 4 is 10.4 Å². The molecule has 0 spiro atoms. The van der Waals surface area contributed by atoms with Crippen LogP contribution in [-0.2, 0) is 14.6 Å². The molecule has 0 aliphatic carbocycles. The minimum absolute atomic E-state index is 1.11. The van der Waals surface area contributed by atoms with Gasteiger partial charge in [-0.2, -0.15) is 8.42 Å². The second kappa shape index (κ2) is 2.40. The molecule has 0 radical (unpaired) electrons. The Hall–Kier alpha value is -0.930. The highest BCUT2D eigenvalue weighted by Gasteiger charge is 1.98. The number of aliphatic hydroxyl groups is 1. The fraction of sp³-hybridized carbons (Fsp3) is 0. The summed E-state index contributed by atoms with van der Waals surface area (Å²) in [6, 6.07) is 0. The number of hydrogen-bond donors (Lipinski definition) is 2. The maximum atomic E-state index is 9.51. The van der Waals surface area contributed by atoms with Crippen LogP contribution < -0.4 is 0 Å². The lowest BCUT2D eigenvalue weighted by atomic mass is 11.2. The summed E-state index contributed by atoms with van der Waals surface area (Å²) in [5.74, 6) is 0. The first kappa shape index (κ1) is 7.07. The zero-order valence-electron chi connectivity index (χ0n) is 3.53. The van der Waals surface area contributed by atoms with Gasteiger partial charge in [0.25, 0.3) is 0 Å². The summed E-state index contributed by atoms with van der Waals surface area (Å²) < 4.78 is 30.0. The Labute approximate surface area is 45.8 Å². The van der Waals surface area contributed by atoms with Crippen LogP contribution >= 0.6 is 0 Å². The van der Waals surface area contributed by atoms with Crippen molar-refractivity contribution < 1.29 is 22.3 Å². The molecule has 0 aliphatic rings. The van der Waals surface area contributed by atoms with Crippen LogP contribution in [0.5, 0.6) is 0 Å². The van der Waals surface area contributed by atoms with E-state index in [0.717, 1.165) is 6.11 Å². The molecule has 46 valence electrons. The van der Waals surface area contributed by atoms with Gasteiger partial charge in [0.05, 0.1) is 0 Å². The second-order valence-corrected chi connectivity index (χ2v) is 1.75. The molecule has 0 heterocycles. The zero-order chi connectivity index (χ0) is 6.62. The van der Waals surface area contributed by atoms with E-state index in [4.69, 9.17) is 9.66 Å². The van der Waals surface area contributed by atoms with E-state index in [-0.39, 0.29) is 0 Å². The minimum atomic E-state index is -4.52. The van der Waals surface area contributed by atoms with Crippen LogP contribution in [0.15, 0.2) is 0 Å². The van der Waals surface area contributed by atoms with E-state index in [0.29, 0.717) is 0 Å².